The standard InChI is InChI=1S/C7H4Cl2O3/c8-4-1-2-5(7(10)11)6(3-4)12-9/h1-3H,(H,10,11). The predicted octanol–water partition coefficient (Wildman–Crippen LogP) is 2.57. The third-order valence-electron chi connectivity index (χ3n) is 1.26. The van der Waals surface area contributed by atoms with Crippen LogP contribution in [0, 0.1) is 0 Å². The van der Waals surface area contributed by atoms with Crippen molar-refractivity contribution in [3.05, 3.63) is 28.8 Å². The van der Waals surface area contributed by atoms with Crippen LogP contribution >= 0.6 is 23.5 Å². The highest BCUT2D eigenvalue weighted by molar-refractivity contribution is 6.31. The number of hydrogen-bond donors (Lipinski definition) is 1. The maximum Gasteiger partial charge on any atom is 0.339 e. The van der Waals surface area contributed by atoms with E-state index < -0.39 is 5.97 Å². The van der Waals surface area contributed by atoms with Gasteiger partial charge >= 0.3 is 5.97 Å². The maximum atomic E-state index is 10.5. The van der Waals surface area contributed by atoms with Crippen LogP contribution in [0.4, 0.5) is 0 Å². The summed E-state index contributed by atoms with van der Waals surface area (Å²) in [6, 6.07) is 4.10. The van der Waals surface area contributed by atoms with Crippen molar-refractivity contribution in [2.45, 2.75) is 0 Å². The molecule has 0 aromatic heterocycles. The monoisotopic (exact) mass is 206 g/mol. The van der Waals surface area contributed by atoms with E-state index in [1.54, 1.807) is 0 Å². The molecule has 0 saturated carbocycles. The lowest BCUT2D eigenvalue weighted by atomic mass is 10.2. The summed E-state index contributed by atoms with van der Waals surface area (Å²) >= 11 is 10.6. The van der Waals surface area contributed by atoms with Gasteiger partial charge < -0.3 is 9.40 Å². The molecule has 12 heavy (non-hydrogen) atoms. The van der Waals surface area contributed by atoms with Crippen molar-refractivity contribution >= 4 is 29.4 Å². The Labute approximate surface area is 78.6 Å². The first-order chi connectivity index (χ1) is 5.65. The number of rotatable bonds is 2. The Morgan fingerprint density at radius 1 is 1.50 bits per heavy atom. The highest BCUT2D eigenvalue weighted by atomic mass is 35.5. The van der Waals surface area contributed by atoms with Crippen molar-refractivity contribution in [1.29, 1.82) is 0 Å². The quantitative estimate of drug-likeness (QED) is 0.810. The summed E-state index contributed by atoms with van der Waals surface area (Å²) in [6.45, 7) is 0. The molecule has 0 fully saturated rings. The normalized spacial score (nSPS) is 9.50. The van der Waals surface area contributed by atoms with Crippen molar-refractivity contribution in [3.8, 4) is 5.75 Å². The van der Waals surface area contributed by atoms with Crippen LogP contribution in [0.2, 0.25) is 5.02 Å². The third-order valence-corrected chi connectivity index (χ3v) is 1.66. The van der Waals surface area contributed by atoms with Gasteiger partial charge in [0, 0.05) is 11.1 Å². The number of halogens is 2. The molecule has 0 unspecified atom stereocenters. The van der Waals surface area contributed by atoms with Crippen LogP contribution in [0.25, 0.3) is 0 Å². The van der Waals surface area contributed by atoms with E-state index in [1.807, 2.05) is 0 Å². The fourth-order valence-electron chi connectivity index (χ4n) is 0.737. The Balaban J connectivity index is 3.20. The molecular formula is C7H4Cl2O3. The van der Waals surface area contributed by atoms with Crippen LogP contribution in [0.5, 0.6) is 5.75 Å². The lowest BCUT2D eigenvalue weighted by Crippen LogP contribution is -1.97. The van der Waals surface area contributed by atoms with Crippen LogP contribution in [-0.2, 0) is 0 Å². The van der Waals surface area contributed by atoms with Crippen LogP contribution in [0.3, 0.4) is 0 Å². The number of carbonyl (C=O) groups is 1. The van der Waals surface area contributed by atoms with E-state index in [9.17, 15) is 4.79 Å². The van der Waals surface area contributed by atoms with Gasteiger partial charge in [0.1, 0.15) is 17.4 Å². The molecule has 0 amide bonds. The fourth-order valence-corrected chi connectivity index (χ4v) is 1.03. The summed E-state index contributed by atoms with van der Waals surface area (Å²) in [6.07, 6.45) is 0. The minimum atomic E-state index is -1.11. The first kappa shape index (κ1) is 9.16. The molecule has 0 radical (unpaired) electrons. The minimum Gasteiger partial charge on any atom is -0.478 e. The zero-order valence-corrected chi connectivity index (χ0v) is 7.26. The van der Waals surface area contributed by atoms with E-state index in [-0.39, 0.29) is 11.3 Å². The molecule has 0 spiro atoms. The Kier molecular flexibility index (Phi) is 2.78. The van der Waals surface area contributed by atoms with Gasteiger partial charge in [-0.25, -0.2) is 4.79 Å². The smallest absolute Gasteiger partial charge is 0.339 e. The molecule has 0 aliphatic heterocycles. The Morgan fingerprint density at radius 2 is 2.17 bits per heavy atom. The summed E-state index contributed by atoms with van der Waals surface area (Å²) in [4.78, 5) is 10.5. The molecule has 0 heterocycles. The van der Waals surface area contributed by atoms with Gasteiger partial charge in [-0.05, 0) is 12.1 Å². The average Bonchev–Trinajstić information content (AvgIpc) is 2.03. The molecule has 64 valence electrons. The molecule has 0 aliphatic rings. The van der Waals surface area contributed by atoms with Gasteiger partial charge in [-0.3, -0.25) is 0 Å². The molecule has 5 heteroatoms. The van der Waals surface area contributed by atoms with Gasteiger partial charge in [0.05, 0.1) is 0 Å². The van der Waals surface area contributed by atoms with Gasteiger partial charge in [0.2, 0.25) is 0 Å². The number of carboxylic acids is 1. The van der Waals surface area contributed by atoms with Gasteiger partial charge in [0.25, 0.3) is 0 Å². The molecule has 0 aliphatic carbocycles. The van der Waals surface area contributed by atoms with E-state index in [4.69, 9.17) is 28.6 Å². The molecule has 1 N–H and O–H groups in total. The van der Waals surface area contributed by atoms with E-state index in [0.717, 1.165) is 0 Å². The summed E-state index contributed by atoms with van der Waals surface area (Å²) in [5.41, 5.74) is -0.0191. The van der Waals surface area contributed by atoms with E-state index >= 15 is 0 Å². The summed E-state index contributed by atoms with van der Waals surface area (Å²) in [5, 5.41) is 8.98. The zero-order chi connectivity index (χ0) is 9.14. The first-order valence-electron chi connectivity index (χ1n) is 2.96. The molecule has 3 nitrogen and oxygen atoms in total. The number of hydrogen-bond acceptors (Lipinski definition) is 2. The SMILES string of the molecule is O=C(O)c1ccc(Cl)cc1OCl. The number of aromatic carboxylic acids is 1. The molecule has 0 saturated heterocycles. The van der Waals surface area contributed by atoms with Crippen molar-refractivity contribution in [2.75, 3.05) is 0 Å². The second-order valence-corrected chi connectivity index (χ2v) is 2.61. The molecule has 1 aromatic rings. The van der Waals surface area contributed by atoms with Crippen LogP contribution in [0.1, 0.15) is 10.4 Å². The minimum absolute atomic E-state index is 0.0191. The van der Waals surface area contributed by atoms with Gasteiger partial charge in [-0.15, -0.1) is 0 Å². The first-order valence-corrected chi connectivity index (χ1v) is 3.65. The van der Waals surface area contributed by atoms with Crippen LogP contribution in [-0.4, -0.2) is 11.1 Å². The Hall–Kier alpha value is -0.930. The zero-order valence-electron chi connectivity index (χ0n) is 5.75. The highest BCUT2D eigenvalue weighted by Gasteiger charge is 2.11. The maximum absolute atomic E-state index is 10.5. The van der Waals surface area contributed by atoms with E-state index in [2.05, 4.69) is 4.29 Å². The Bertz CT molecular complexity index is 312. The van der Waals surface area contributed by atoms with Crippen LogP contribution in [0.15, 0.2) is 18.2 Å². The van der Waals surface area contributed by atoms with Crippen molar-refractivity contribution in [3.63, 3.8) is 0 Å². The summed E-state index contributed by atoms with van der Waals surface area (Å²) in [5.74, 6) is -1.07. The third kappa shape index (κ3) is 1.81. The van der Waals surface area contributed by atoms with Gasteiger partial charge in [0.15, 0.2) is 5.75 Å². The van der Waals surface area contributed by atoms with E-state index in [0.29, 0.717) is 5.02 Å². The predicted molar refractivity (Wildman–Crippen MR) is 44.9 cm³/mol. The Morgan fingerprint density at radius 3 is 2.67 bits per heavy atom. The van der Waals surface area contributed by atoms with Crippen molar-refractivity contribution in [1.82, 2.24) is 0 Å². The number of carboxylic acid groups (broad SMARTS) is 1. The van der Waals surface area contributed by atoms with E-state index in [1.165, 1.54) is 18.2 Å². The largest absolute Gasteiger partial charge is 0.478 e. The molecule has 0 atom stereocenters. The summed E-state index contributed by atoms with van der Waals surface area (Å²) < 4.78 is 4.29. The lowest BCUT2D eigenvalue weighted by molar-refractivity contribution is 0.0695. The molecule has 0 bridgehead atoms. The second kappa shape index (κ2) is 3.65. The lowest BCUT2D eigenvalue weighted by Gasteiger charge is -2.00. The van der Waals surface area contributed by atoms with Crippen molar-refractivity contribution in [2.24, 2.45) is 0 Å². The second-order valence-electron chi connectivity index (χ2n) is 2.02. The highest BCUT2D eigenvalue weighted by Crippen LogP contribution is 2.24. The fraction of sp³-hybridized carbons (Fsp3) is 0. The molecular weight excluding hydrogens is 203 g/mol. The number of benzene rings is 1. The van der Waals surface area contributed by atoms with Crippen molar-refractivity contribution < 1.29 is 14.2 Å². The van der Waals surface area contributed by atoms with Gasteiger partial charge in [-0.2, -0.15) is 0 Å². The molecule has 1 aromatic carbocycles. The van der Waals surface area contributed by atoms with Gasteiger partial charge in [-0.1, -0.05) is 11.6 Å². The van der Waals surface area contributed by atoms with Crippen LogP contribution < -0.4 is 4.29 Å². The molecule has 1 rings (SSSR count). The summed E-state index contributed by atoms with van der Waals surface area (Å²) in [7, 11) is 0. The average molecular weight is 207 g/mol. The topological polar surface area (TPSA) is 46.5 Å².